The molecule has 1 atom stereocenters. The van der Waals surface area contributed by atoms with E-state index in [-0.39, 0.29) is 22.8 Å². The van der Waals surface area contributed by atoms with E-state index in [1.165, 1.54) is 0 Å². The van der Waals surface area contributed by atoms with Gasteiger partial charge in [0.05, 0.1) is 16.2 Å². The van der Waals surface area contributed by atoms with E-state index in [9.17, 15) is 18.6 Å². The summed E-state index contributed by atoms with van der Waals surface area (Å²) in [6.07, 6.45) is 0.493. The second kappa shape index (κ2) is 4.86. The molecule has 5 heteroatoms. The maximum absolute atomic E-state index is 12.1. The normalized spacial score (nSPS) is 23.5. The zero-order chi connectivity index (χ0) is 15.1. The van der Waals surface area contributed by atoms with Crippen LogP contribution in [0.4, 0.5) is 0 Å². The largest absolute Gasteiger partial charge is 0.508 e. The molecular formula is C16H16O4S. The lowest BCUT2D eigenvalue weighted by molar-refractivity contribution is 0.0283. The van der Waals surface area contributed by atoms with Gasteiger partial charge in [-0.3, -0.25) is 0 Å². The minimum atomic E-state index is -3.31. The van der Waals surface area contributed by atoms with Crippen LogP contribution in [0.25, 0.3) is 0 Å². The van der Waals surface area contributed by atoms with E-state index in [2.05, 4.69) is 0 Å². The molecule has 0 amide bonds. The number of aliphatic hydroxyl groups is 1. The van der Waals surface area contributed by atoms with E-state index in [1.807, 2.05) is 0 Å². The average molecular weight is 304 g/mol. The number of phenols is 1. The second-order valence-corrected chi connectivity index (χ2v) is 7.52. The SMILES string of the molecule is O=S1(=O)CCC(O)(Cc2ccc(O)cc2)c2ccccc21. The minimum absolute atomic E-state index is 0.0569. The third-order valence-corrected chi connectivity index (χ3v) is 5.71. The molecule has 0 aliphatic carbocycles. The molecule has 0 aromatic heterocycles. The van der Waals surface area contributed by atoms with Gasteiger partial charge in [-0.1, -0.05) is 30.3 Å². The monoisotopic (exact) mass is 304 g/mol. The molecule has 1 unspecified atom stereocenters. The fourth-order valence-corrected chi connectivity index (χ4v) is 4.51. The Kier molecular flexibility index (Phi) is 3.26. The molecule has 2 N–H and O–H groups in total. The van der Waals surface area contributed by atoms with Gasteiger partial charge in [0.15, 0.2) is 9.84 Å². The fourth-order valence-electron chi connectivity index (χ4n) is 2.81. The summed E-state index contributed by atoms with van der Waals surface area (Å²) in [6.45, 7) is 0. The highest BCUT2D eigenvalue weighted by molar-refractivity contribution is 7.91. The lowest BCUT2D eigenvalue weighted by Crippen LogP contribution is -2.37. The van der Waals surface area contributed by atoms with Crippen LogP contribution in [-0.2, 0) is 21.9 Å². The molecular weight excluding hydrogens is 288 g/mol. The van der Waals surface area contributed by atoms with Crippen molar-refractivity contribution in [2.75, 3.05) is 5.75 Å². The number of hydrogen-bond donors (Lipinski definition) is 2. The van der Waals surface area contributed by atoms with Crippen LogP contribution >= 0.6 is 0 Å². The number of sulfone groups is 1. The van der Waals surface area contributed by atoms with Crippen LogP contribution in [0.5, 0.6) is 5.75 Å². The van der Waals surface area contributed by atoms with E-state index in [4.69, 9.17) is 0 Å². The number of benzene rings is 2. The van der Waals surface area contributed by atoms with Gasteiger partial charge in [-0.2, -0.15) is 0 Å². The highest BCUT2D eigenvalue weighted by Gasteiger charge is 2.40. The topological polar surface area (TPSA) is 74.6 Å². The van der Waals surface area contributed by atoms with Crippen molar-refractivity contribution >= 4 is 9.84 Å². The Morgan fingerprint density at radius 2 is 1.71 bits per heavy atom. The van der Waals surface area contributed by atoms with Gasteiger partial charge in [-0.15, -0.1) is 0 Å². The van der Waals surface area contributed by atoms with Crippen molar-refractivity contribution in [3.05, 3.63) is 59.7 Å². The van der Waals surface area contributed by atoms with Crippen LogP contribution < -0.4 is 0 Å². The number of phenolic OH excluding ortho intramolecular Hbond substituents is 1. The average Bonchev–Trinajstić information content (AvgIpc) is 2.47. The molecule has 1 aliphatic rings. The molecule has 0 bridgehead atoms. The maximum Gasteiger partial charge on any atom is 0.178 e. The quantitative estimate of drug-likeness (QED) is 0.890. The van der Waals surface area contributed by atoms with Crippen LogP contribution in [-0.4, -0.2) is 24.4 Å². The lowest BCUT2D eigenvalue weighted by Gasteiger charge is -2.34. The highest BCUT2D eigenvalue weighted by atomic mass is 32.2. The fraction of sp³-hybridized carbons (Fsp3) is 0.250. The van der Waals surface area contributed by atoms with Crippen molar-refractivity contribution in [2.24, 2.45) is 0 Å². The summed E-state index contributed by atoms with van der Waals surface area (Å²) in [5.74, 6) is 0.107. The number of rotatable bonds is 2. The predicted molar refractivity (Wildman–Crippen MR) is 78.8 cm³/mol. The number of aromatic hydroxyl groups is 1. The Bertz CT molecular complexity index is 765. The van der Waals surface area contributed by atoms with Crippen molar-refractivity contribution < 1.29 is 18.6 Å². The third kappa shape index (κ3) is 2.54. The Labute approximate surface area is 123 Å². The molecule has 110 valence electrons. The van der Waals surface area contributed by atoms with Gasteiger partial charge in [-0.25, -0.2) is 8.42 Å². The number of fused-ring (bicyclic) bond motifs is 1. The molecule has 2 aromatic rings. The van der Waals surface area contributed by atoms with Gasteiger partial charge in [-0.05, 0) is 30.2 Å². The smallest absolute Gasteiger partial charge is 0.178 e. The van der Waals surface area contributed by atoms with E-state index >= 15 is 0 Å². The van der Waals surface area contributed by atoms with E-state index < -0.39 is 15.4 Å². The molecule has 0 saturated carbocycles. The third-order valence-electron chi connectivity index (χ3n) is 3.94. The molecule has 0 radical (unpaired) electrons. The van der Waals surface area contributed by atoms with Crippen molar-refractivity contribution in [1.82, 2.24) is 0 Å². The molecule has 0 fully saturated rings. The molecule has 1 heterocycles. The maximum atomic E-state index is 12.1. The van der Waals surface area contributed by atoms with Crippen molar-refractivity contribution in [3.8, 4) is 5.75 Å². The molecule has 2 aromatic carbocycles. The molecule has 4 nitrogen and oxygen atoms in total. The van der Waals surface area contributed by atoms with Gasteiger partial charge in [0.25, 0.3) is 0 Å². The standard InChI is InChI=1S/C16H16O4S/c17-13-7-5-12(6-8-13)11-16(18)9-10-21(19,20)15-4-2-1-3-14(15)16/h1-8,17-18H,9-11H2. The van der Waals surface area contributed by atoms with Gasteiger partial charge < -0.3 is 10.2 Å². The Balaban J connectivity index is 2.04. The first-order chi connectivity index (χ1) is 9.91. The van der Waals surface area contributed by atoms with Crippen LogP contribution in [0.1, 0.15) is 17.5 Å². The molecule has 3 rings (SSSR count). The van der Waals surface area contributed by atoms with Crippen molar-refractivity contribution in [3.63, 3.8) is 0 Å². The molecule has 21 heavy (non-hydrogen) atoms. The summed E-state index contributed by atoms with van der Waals surface area (Å²) in [5, 5.41) is 20.3. The Morgan fingerprint density at radius 1 is 1.05 bits per heavy atom. The highest BCUT2D eigenvalue weighted by Crippen LogP contribution is 2.39. The first kappa shape index (κ1) is 14.1. The van der Waals surface area contributed by atoms with Crippen LogP contribution in [0.15, 0.2) is 53.4 Å². The van der Waals surface area contributed by atoms with Crippen molar-refractivity contribution in [2.45, 2.75) is 23.3 Å². The minimum Gasteiger partial charge on any atom is -0.508 e. The first-order valence-electron chi connectivity index (χ1n) is 6.73. The van der Waals surface area contributed by atoms with Gasteiger partial charge >= 0.3 is 0 Å². The summed E-state index contributed by atoms with van der Waals surface area (Å²) in [5.41, 5.74) is 0.118. The van der Waals surface area contributed by atoms with Crippen LogP contribution in [0.3, 0.4) is 0 Å². The van der Waals surface area contributed by atoms with Gasteiger partial charge in [0, 0.05) is 12.0 Å². The summed E-state index contributed by atoms with van der Waals surface area (Å²) in [7, 11) is -3.31. The number of hydrogen-bond acceptors (Lipinski definition) is 4. The Hall–Kier alpha value is -1.85. The van der Waals surface area contributed by atoms with E-state index in [0.717, 1.165) is 5.56 Å². The summed E-state index contributed by atoms with van der Waals surface area (Å²) >= 11 is 0. The summed E-state index contributed by atoms with van der Waals surface area (Å²) < 4.78 is 24.2. The van der Waals surface area contributed by atoms with Gasteiger partial charge in [0.2, 0.25) is 0 Å². The predicted octanol–water partition coefficient (Wildman–Crippen LogP) is 2.00. The molecule has 1 aliphatic heterocycles. The zero-order valence-corrected chi connectivity index (χ0v) is 12.2. The van der Waals surface area contributed by atoms with E-state index in [1.54, 1.807) is 48.5 Å². The summed E-state index contributed by atoms with van der Waals surface area (Å²) in [6, 6.07) is 13.2. The van der Waals surface area contributed by atoms with Crippen LogP contribution in [0.2, 0.25) is 0 Å². The zero-order valence-electron chi connectivity index (χ0n) is 11.4. The van der Waals surface area contributed by atoms with Gasteiger partial charge in [0.1, 0.15) is 5.75 Å². The second-order valence-electron chi connectivity index (χ2n) is 5.44. The molecule has 0 saturated heterocycles. The lowest BCUT2D eigenvalue weighted by atomic mass is 9.84. The Morgan fingerprint density at radius 3 is 2.43 bits per heavy atom. The van der Waals surface area contributed by atoms with Crippen molar-refractivity contribution in [1.29, 1.82) is 0 Å². The van der Waals surface area contributed by atoms with E-state index in [0.29, 0.717) is 12.0 Å². The summed E-state index contributed by atoms with van der Waals surface area (Å²) in [4.78, 5) is 0.220. The molecule has 0 spiro atoms. The van der Waals surface area contributed by atoms with Crippen LogP contribution in [0, 0.1) is 0 Å². The first-order valence-corrected chi connectivity index (χ1v) is 8.38.